The summed E-state index contributed by atoms with van der Waals surface area (Å²) >= 11 is 0. The van der Waals surface area contributed by atoms with Crippen LogP contribution >= 0.6 is 0 Å². The molecule has 2 N–H and O–H groups in total. The third-order valence-corrected chi connectivity index (χ3v) is 4.41. The molecule has 26 heavy (non-hydrogen) atoms. The number of nitrogens with one attached hydrogen (secondary N) is 1. The van der Waals surface area contributed by atoms with Crippen molar-refractivity contribution in [3.05, 3.63) is 58.5 Å². The Morgan fingerprint density at radius 2 is 2.04 bits per heavy atom. The fourth-order valence-electron chi connectivity index (χ4n) is 3.06. The maximum atomic E-state index is 13.0. The van der Waals surface area contributed by atoms with Crippen molar-refractivity contribution in [3.8, 4) is 5.88 Å². The second kappa shape index (κ2) is 7.51. The van der Waals surface area contributed by atoms with E-state index in [1.807, 2.05) is 0 Å². The van der Waals surface area contributed by atoms with E-state index in [9.17, 15) is 19.1 Å². The Hall–Kier alpha value is -2.96. The standard InChI is InChI=1S/C19H19FN2O4/c1-26-18-14(10-12-3-2-4-15(12)22-18)17(23)21-16(19(24)25)9-11-5-7-13(20)8-6-11/h5-8,10,16H,2-4,9H2,1H3,(H,21,23)(H,24,25). The van der Waals surface area contributed by atoms with E-state index in [-0.39, 0.29) is 17.9 Å². The third-order valence-electron chi connectivity index (χ3n) is 4.41. The highest BCUT2D eigenvalue weighted by Gasteiger charge is 2.25. The summed E-state index contributed by atoms with van der Waals surface area (Å²) in [6.07, 6.45) is 2.70. The van der Waals surface area contributed by atoms with Gasteiger partial charge in [0.25, 0.3) is 5.91 Å². The van der Waals surface area contributed by atoms with Gasteiger partial charge in [0, 0.05) is 12.1 Å². The summed E-state index contributed by atoms with van der Waals surface area (Å²) in [5, 5.41) is 11.9. The van der Waals surface area contributed by atoms with Gasteiger partial charge in [-0.15, -0.1) is 0 Å². The molecule has 0 fully saturated rings. The lowest BCUT2D eigenvalue weighted by molar-refractivity contribution is -0.139. The van der Waals surface area contributed by atoms with Crippen LogP contribution in [0.5, 0.6) is 5.88 Å². The molecule has 1 aliphatic carbocycles. The van der Waals surface area contributed by atoms with Crippen LogP contribution in [0.3, 0.4) is 0 Å². The molecule has 0 saturated heterocycles. The van der Waals surface area contributed by atoms with Crippen molar-refractivity contribution in [1.82, 2.24) is 10.3 Å². The van der Waals surface area contributed by atoms with E-state index >= 15 is 0 Å². The molecule has 1 aromatic heterocycles. The number of aromatic nitrogens is 1. The molecule has 1 aliphatic rings. The summed E-state index contributed by atoms with van der Waals surface area (Å²) in [7, 11) is 1.42. The predicted octanol–water partition coefficient (Wildman–Crippen LogP) is 2.14. The SMILES string of the molecule is COc1nc2c(cc1C(=O)NC(Cc1ccc(F)cc1)C(=O)O)CCC2. The number of aryl methyl sites for hydroxylation is 2. The largest absolute Gasteiger partial charge is 0.480 e. The van der Waals surface area contributed by atoms with Crippen LogP contribution in [0.2, 0.25) is 0 Å². The van der Waals surface area contributed by atoms with E-state index in [4.69, 9.17) is 4.74 Å². The summed E-state index contributed by atoms with van der Waals surface area (Å²) in [5.74, 6) is -1.94. The number of fused-ring (bicyclic) bond motifs is 1. The normalized spacial score (nSPS) is 13.8. The Bertz CT molecular complexity index is 836. The van der Waals surface area contributed by atoms with Crippen molar-refractivity contribution in [2.45, 2.75) is 31.7 Å². The molecule has 0 spiro atoms. The van der Waals surface area contributed by atoms with Crippen molar-refractivity contribution in [2.24, 2.45) is 0 Å². The Labute approximate surface area is 150 Å². The van der Waals surface area contributed by atoms with E-state index in [1.165, 1.54) is 31.4 Å². The second-order valence-corrected chi connectivity index (χ2v) is 6.20. The first-order valence-electron chi connectivity index (χ1n) is 8.33. The molecule has 6 nitrogen and oxygen atoms in total. The molecule has 1 aromatic carbocycles. The molecule has 7 heteroatoms. The lowest BCUT2D eigenvalue weighted by Gasteiger charge is -2.16. The van der Waals surface area contributed by atoms with E-state index in [1.54, 1.807) is 6.07 Å². The van der Waals surface area contributed by atoms with Gasteiger partial charge >= 0.3 is 5.97 Å². The number of carboxylic acids is 1. The molecule has 3 rings (SSSR count). The molecule has 1 heterocycles. The molecule has 1 amide bonds. The number of nitrogens with zero attached hydrogens (tertiary/aromatic N) is 1. The Balaban J connectivity index is 1.80. The molecule has 136 valence electrons. The third kappa shape index (κ3) is 3.82. The zero-order chi connectivity index (χ0) is 18.7. The van der Waals surface area contributed by atoms with Crippen LogP contribution in [-0.2, 0) is 24.1 Å². The van der Waals surface area contributed by atoms with Crippen molar-refractivity contribution in [3.63, 3.8) is 0 Å². The van der Waals surface area contributed by atoms with E-state index in [0.717, 1.165) is 30.5 Å². The number of carboxylic acid groups (broad SMARTS) is 1. The first kappa shape index (κ1) is 17.8. The Morgan fingerprint density at radius 3 is 2.69 bits per heavy atom. The number of ether oxygens (including phenoxy) is 1. The number of methoxy groups -OCH3 is 1. The van der Waals surface area contributed by atoms with Gasteiger partial charge in [0.05, 0.1) is 7.11 Å². The number of aliphatic carboxylic acids is 1. The molecule has 0 aliphatic heterocycles. The van der Waals surface area contributed by atoms with Gasteiger partial charge < -0.3 is 15.2 Å². The van der Waals surface area contributed by atoms with Gasteiger partial charge in [0.1, 0.15) is 17.4 Å². The topological polar surface area (TPSA) is 88.5 Å². The molecule has 0 saturated carbocycles. The number of hydrogen-bond donors (Lipinski definition) is 2. The van der Waals surface area contributed by atoms with Crippen molar-refractivity contribution in [2.75, 3.05) is 7.11 Å². The number of carbonyl (C=O) groups is 2. The van der Waals surface area contributed by atoms with Crippen molar-refractivity contribution < 1.29 is 23.8 Å². The monoisotopic (exact) mass is 358 g/mol. The average Bonchev–Trinajstić information content (AvgIpc) is 3.09. The summed E-state index contributed by atoms with van der Waals surface area (Å²) in [4.78, 5) is 28.5. The average molecular weight is 358 g/mol. The molecular formula is C19H19FN2O4. The molecule has 0 radical (unpaired) electrons. The lowest BCUT2D eigenvalue weighted by atomic mass is 10.0. The number of carbonyl (C=O) groups excluding carboxylic acids is 1. The van der Waals surface area contributed by atoms with Crippen LogP contribution in [0.25, 0.3) is 0 Å². The number of halogens is 1. The Morgan fingerprint density at radius 1 is 1.31 bits per heavy atom. The number of rotatable bonds is 6. The van der Waals surface area contributed by atoms with Gasteiger partial charge in [-0.25, -0.2) is 14.2 Å². The molecular weight excluding hydrogens is 339 g/mol. The zero-order valence-electron chi connectivity index (χ0n) is 14.3. The molecule has 1 atom stereocenters. The first-order valence-corrected chi connectivity index (χ1v) is 8.33. The van der Waals surface area contributed by atoms with Crippen LogP contribution < -0.4 is 10.1 Å². The van der Waals surface area contributed by atoms with Crippen LogP contribution in [0, 0.1) is 5.82 Å². The minimum atomic E-state index is -1.17. The van der Waals surface area contributed by atoms with Crippen molar-refractivity contribution in [1.29, 1.82) is 0 Å². The minimum absolute atomic E-state index is 0.0437. The predicted molar refractivity (Wildman–Crippen MR) is 91.8 cm³/mol. The minimum Gasteiger partial charge on any atom is -0.480 e. The number of pyridine rings is 1. The zero-order valence-corrected chi connectivity index (χ0v) is 14.3. The Kier molecular flexibility index (Phi) is 5.16. The smallest absolute Gasteiger partial charge is 0.326 e. The maximum Gasteiger partial charge on any atom is 0.326 e. The fraction of sp³-hybridized carbons (Fsp3) is 0.316. The van der Waals surface area contributed by atoms with Gasteiger partial charge in [-0.2, -0.15) is 0 Å². The van der Waals surface area contributed by atoms with E-state index in [0.29, 0.717) is 5.56 Å². The van der Waals surface area contributed by atoms with Crippen LogP contribution in [-0.4, -0.2) is 35.1 Å². The van der Waals surface area contributed by atoms with Crippen LogP contribution in [0.1, 0.15) is 33.6 Å². The number of amides is 1. The molecule has 1 unspecified atom stereocenters. The fourth-order valence-corrected chi connectivity index (χ4v) is 3.06. The van der Waals surface area contributed by atoms with Gasteiger partial charge in [0.2, 0.25) is 5.88 Å². The lowest BCUT2D eigenvalue weighted by Crippen LogP contribution is -2.42. The molecule has 0 bridgehead atoms. The number of benzene rings is 1. The highest BCUT2D eigenvalue weighted by Crippen LogP contribution is 2.26. The van der Waals surface area contributed by atoms with Crippen LogP contribution in [0.15, 0.2) is 30.3 Å². The second-order valence-electron chi connectivity index (χ2n) is 6.20. The van der Waals surface area contributed by atoms with Crippen molar-refractivity contribution >= 4 is 11.9 Å². The van der Waals surface area contributed by atoms with Crippen LogP contribution in [0.4, 0.5) is 4.39 Å². The summed E-state index contributed by atoms with van der Waals surface area (Å²) in [5.41, 5.74) is 2.73. The maximum absolute atomic E-state index is 13.0. The highest BCUT2D eigenvalue weighted by atomic mass is 19.1. The van der Waals surface area contributed by atoms with Gasteiger partial charge in [0.15, 0.2) is 0 Å². The number of hydrogen-bond acceptors (Lipinski definition) is 4. The van der Waals surface area contributed by atoms with Gasteiger partial charge in [-0.1, -0.05) is 12.1 Å². The first-order chi connectivity index (χ1) is 12.5. The summed E-state index contributed by atoms with van der Waals surface area (Å²) < 4.78 is 18.2. The van der Waals surface area contributed by atoms with Gasteiger partial charge in [-0.3, -0.25) is 4.79 Å². The van der Waals surface area contributed by atoms with Gasteiger partial charge in [-0.05, 0) is 48.6 Å². The summed E-state index contributed by atoms with van der Waals surface area (Å²) in [6.45, 7) is 0. The van der Waals surface area contributed by atoms with E-state index < -0.39 is 23.7 Å². The summed E-state index contributed by atoms with van der Waals surface area (Å²) in [6, 6.07) is 6.07. The van der Waals surface area contributed by atoms with E-state index in [2.05, 4.69) is 10.3 Å². The highest BCUT2D eigenvalue weighted by molar-refractivity contribution is 5.98. The quantitative estimate of drug-likeness (QED) is 0.826. The molecule has 2 aromatic rings.